The minimum atomic E-state index is -0.694. The molecule has 1 aromatic carbocycles. The fourth-order valence-electron chi connectivity index (χ4n) is 2.52. The van der Waals surface area contributed by atoms with Gasteiger partial charge in [-0.2, -0.15) is 0 Å². The van der Waals surface area contributed by atoms with Crippen molar-refractivity contribution < 1.29 is 9.90 Å². The maximum atomic E-state index is 11.7. The molecular formula is C15H22N2O2. The summed E-state index contributed by atoms with van der Waals surface area (Å²) >= 11 is 0. The number of urea groups is 1. The SMILES string of the molecule is Cc1cccc(CNC(=O)NCC2(O)CCCC2)c1. The van der Waals surface area contributed by atoms with Crippen molar-refractivity contribution in [1.82, 2.24) is 10.6 Å². The third-order valence-electron chi connectivity index (χ3n) is 3.65. The highest BCUT2D eigenvalue weighted by Gasteiger charge is 2.31. The van der Waals surface area contributed by atoms with Gasteiger partial charge < -0.3 is 15.7 Å². The molecule has 0 radical (unpaired) electrons. The van der Waals surface area contributed by atoms with Gasteiger partial charge in [-0.3, -0.25) is 0 Å². The molecule has 19 heavy (non-hydrogen) atoms. The molecule has 0 spiro atoms. The molecule has 4 heteroatoms. The molecule has 0 aliphatic heterocycles. The summed E-state index contributed by atoms with van der Waals surface area (Å²) < 4.78 is 0. The zero-order valence-corrected chi connectivity index (χ0v) is 11.4. The van der Waals surface area contributed by atoms with E-state index < -0.39 is 5.60 Å². The number of carbonyl (C=O) groups is 1. The summed E-state index contributed by atoms with van der Waals surface area (Å²) in [5.41, 5.74) is 1.57. The van der Waals surface area contributed by atoms with Gasteiger partial charge in [0.15, 0.2) is 0 Å². The van der Waals surface area contributed by atoms with Gasteiger partial charge in [0.25, 0.3) is 0 Å². The van der Waals surface area contributed by atoms with Crippen molar-refractivity contribution in [3.8, 4) is 0 Å². The minimum Gasteiger partial charge on any atom is -0.388 e. The quantitative estimate of drug-likeness (QED) is 0.778. The van der Waals surface area contributed by atoms with E-state index in [4.69, 9.17) is 0 Å². The number of benzene rings is 1. The van der Waals surface area contributed by atoms with Crippen LogP contribution in [0.2, 0.25) is 0 Å². The molecule has 0 unspecified atom stereocenters. The first-order valence-electron chi connectivity index (χ1n) is 6.87. The Morgan fingerprint density at radius 1 is 1.32 bits per heavy atom. The summed E-state index contributed by atoms with van der Waals surface area (Å²) in [6.45, 7) is 2.87. The standard InChI is InChI=1S/C15H22N2O2/c1-12-5-4-6-13(9-12)10-16-14(18)17-11-15(19)7-2-3-8-15/h4-6,9,19H,2-3,7-8,10-11H2,1H3,(H2,16,17,18). The van der Waals surface area contributed by atoms with Crippen molar-refractivity contribution in [3.05, 3.63) is 35.4 Å². The predicted octanol–water partition coefficient (Wildman–Crippen LogP) is 2.10. The minimum absolute atomic E-state index is 0.221. The van der Waals surface area contributed by atoms with Crippen molar-refractivity contribution in [3.63, 3.8) is 0 Å². The Morgan fingerprint density at radius 3 is 2.74 bits per heavy atom. The van der Waals surface area contributed by atoms with E-state index in [9.17, 15) is 9.90 Å². The van der Waals surface area contributed by atoms with E-state index in [1.165, 1.54) is 5.56 Å². The van der Waals surface area contributed by atoms with Crippen LogP contribution < -0.4 is 10.6 Å². The number of amides is 2. The van der Waals surface area contributed by atoms with Crippen molar-refractivity contribution in [2.75, 3.05) is 6.54 Å². The fraction of sp³-hybridized carbons (Fsp3) is 0.533. The Kier molecular flexibility index (Phi) is 4.43. The third kappa shape index (κ3) is 4.24. The zero-order valence-electron chi connectivity index (χ0n) is 11.4. The van der Waals surface area contributed by atoms with Gasteiger partial charge >= 0.3 is 6.03 Å². The summed E-state index contributed by atoms with van der Waals surface area (Å²) in [7, 11) is 0. The van der Waals surface area contributed by atoms with E-state index in [-0.39, 0.29) is 6.03 Å². The summed E-state index contributed by atoms with van der Waals surface area (Å²) in [6.07, 6.45) is 3.66. The number of hydrogen-bond donors (Lipinski definition) is 3. The van der Waals surface area contributed by atoms with Crippen LogP contribution in [0.5, 0.6) is 0 Å². The Labute approximate surface area is 114 Å². The lowest BCUT2D eigenvalue weighted by molar-refractivity contribution is 0.0501. The molecule has 1 aliphatic rings. The Bertz CT molecular complexity index is 440. The number of aliphatic hydroxyl groups is 1. The normalized spacial score (nSPS) is 17.2. The van der Waals surface area contributed by atoms with Gasteiger partial charge in [-0.05, 0) is 25.3 Å². The van der Waals surface area contributed by atoms with E-state index >= 15 is 0 Å². The van der Waals surface area contributed by atoms with Crippen LogP contribution in [0.1, 0.15) is 36.8 Å². The summed E-state index contributed by atoms with van der Waals surface area (Å²) in [4.78, 5) is 11.7. The molecule has 0 bridgehead atoms. The predicted molar refractivity (Wildman–Crippen MR) is 74.8 cm³/mol. The van der Waals surface area contributed by atoms with Crippen LogP contribution in [-0.2, 0) is 6.54 Å². The lowest BCUT2D eigenvalue weighted by atomic mass is 10.0. The van der Waals surface area contributed by atoms with E-state index in [2.05, 4.69) is 10.6 Å². The summed E-state index contributed by atoms with van der Waals surface area (Å²) in [5.74, 6) is 0. The molecule has 4 nitrogen and oxygen atoms in total. The molecule has 0 aromatic heterocycles. The second-order valence-corrected chi connectivity index (χ2v) is 5.46. The number of carbonyl (C=O) groups excluding carboxylic acids is 1. The van der Waals surface area contributed by atoms with E-state index in [0.29, 0.717) is 13.1 Å². The molecule has 0 saturated heterocycles. The number of hydrogen-bond acceptors (Lipinski definition) is 2. The molecular weight excluding hydrogens is 240 g/mol. The maximum absolute atomic E-state index is 11.7. The smallest absolute Gasteiger partial charge is 0.315 e. The number of nitrogens with one attached hydrogen (secondary N) is 2. The van der Waals surface area contributed by atoms with E-state index in [1.54, 1.807) is 0 Å². The highest BCUT2D eigenvalue weighted by molar-refractivity contribution is 5.73. The first kappa shape index (κ1) is 13.9. The van der Waals surface area contributed by atoms with Crippen molar-refractivity contribution in [2.45, 2.75) is 44.8 Å². The Balaban J connectivity index is 1.73. The lowest BCUT2D eigenvalue weighted by Crippen LogP contribution is -2.44. The van der Waals surface area contributed by atoms with Crippen LogP contribution in [-0.4, -0.2) is 23.3 Å². The van der Waals surface area contributed by atoms with Gasteiger partial charge in [-0.15, -0.1) is 0 Å². The first-order chi connectivity index (χ1) is 9.07. The average Bonchev–Trinajstić information content (AvgIpc) is 2.82. The molecule has 0 heterocycles. The topological polar surface area (TPSA) is 61.4 Å². The van der Waals surface area contributed by atoms with Crippen LogP contribution in [0.4, 0.5) is 4.79 Å². The molecule has 1 aromatic rings. The zero-order chi connectivity index (χ0) is 13.7. The summed E-state index contributed by atoms with van der Waals surface area (Å²) in [5, 5.41) is 15.7. The largest absolute Gasteiger partial charge is 0.388 e. The highest BCUT2D eigenvalue weighted by Crippen LogP contribution is 2.28. The van der Waals surface area contributed by atoms with Crippen molar-refractivity contribution >= 4 is 6.03 Å². The summed E-state index contributed by atoms with van der Waals surface area (Å²) in [6, 6.07) is 7.81. The molecule has 2 rings (SSSR count). The van der Waals surface area contributed by atoms with Crippen molar-refractivity contribution in [2.24, 2.45) is 0 Å². The van der Waals surface area contributed by atoms with E-state index in [1.807, 2.05) is 31.2 Å². The molecule has 3 N–H and O–H groups in total. The second-order valence-electron chi connectivity index (χ2n) is 5.46. The van der Waals surface area contributed by atoms with Crippen LogP contribution in [0.15, 0.2) is 24.3 Å². The van der Waals surface area contributed by atoms with Gasteiger partial charge in [0.2, 0.25) is 0 Å². The molecule has 1 fully saturated rings. The number of rotatable bonds is 4. The monoisotopic (exact) mass is 262 g/mol. The maximum Gasteiger partial charge on any atom is 0.315 e. The second kappa shape index (κ2) is 6.06. The molecule has 1 aliphatic carbocycles. The van der Waals surface area contributed by atoms with Crippen LogP contribution in [0.25, 0.3) is 0 Å². The molecule has 0 atom stereocenters. The molecule has 1 saturated carbocycles. The molecule has 2 amide bonds. The van der Waals surface area contributed by atoms with Crippen LogP contribution >= 0.6 is 0 Å². The Morgan fingerprint density at radius 2 is 2.05 bits per heavy atom. The van der Waals surface area contributed by atoms with Gasteiger partial charge in [-0.1, -0.05) is 42.7 Å². The van der Waals surface area contributed by atoms with Crippen LogP contribution in [0.3, 0.4) is 0 Å². The van der Waals surface area contributed by atoms with Gasteiger partial charge in [0.1, 0.15) is 0 Å². The average molecular weight is 262 g/mol. The van der Waals surface area contributed by atoms with E-state index in [0.717, 1.165) is 31.2 Å². The first-order valence-corrected chi connectivity index (χ1v) is 6.87. The lowest BCUT2D eigenvalue weighted by Gasteiger charge is -2.22. The number of aryl methyl sites for hydroxylation is 1. The fourth-order valence-corrected chi connectivity index (χ4v) is 2.52. The van der Waals surface area contributed by atoms with Gasteiger partial charge in [-0.25, -0.2) is 4.79 Å². The van der Waals surface area contributed by atoms with Crippen LogP contribution in [0, 0.1) is 6.92 Å². The van der Waals surface area contributed by atoms with Gasteiger partial charge in [0.05, 0.1) is 5.60 Å². The Hall–Kier alpha value is -1.55. The third-order valence-corrected chi connectivity index (χ3v) is 3.65. The highest BCUT2D eigenvalue weighted by atomic mass is 16.3. The molecule has 104 valence electrons. The van der Waals surface area contributed by atoms with Crippen molar-refractivity contribution in [1.29, 1.82) is 0 Å². The van der Waals surface area contributed by atoms with Gasteiger partial charge in [0, 0.05) is 13.1 Å².